The fourth-order valence-corrected chi connectivity index (χ4v) is 1.94. The van der Waals surface area contributed by atoms with Crippen LogP contribution in [0.15, 0.2) is 67.0 Å². The Labute approximate surface area is 110 Å². The Balaban J connectivity index is 1.89. The quantitative estimate of drug-likeness (QED) is 0.526. The van der Waals surface area contributed by atoms with E-state index in [-0.39, 0.29) is 5.78 Å². The predicted molar refractivity (Wildman–Crippen MR) is 75.8 cm³/mol. The smallest absolute Gasteiger partial charge is 0.187 e. The van der Waals surface area contributed by atoms with Gasteiger partial charge < -0.3 is 4.57 Å². The molecule has 0 saturated heterocycles. The molecule has 0 aliphatic rings. The Hall–Kier alpha value is -2.68. The van der Waals surface area contributed by atoms with Crippen LogP contribution in [0.3, 0.4) is 0 Å². The number of allylic oxidation sites excluding steroid dienone is 1. The summed E-state index contributed by atoms with van der Waals surface area (Å²) in [5, 5.41) is 0. The van der Waals surface area contributed by atoms with E-state index in [4.69, 9.17) is 0 Å². The summed E-state index contributed by atoms with van der Waals surface area (Å²) < 4.78 is 1.84. The topological polar surface area (TPSA) is 34.9 Å². The van der Waals surface area contributed by atoms with Crippen molar-refractivity contribution in [3.8, 4) is 0 Å². The number of carbonyl (C=O) groups is 1. The van der Waals surface area contributed by atoms with Crippen molar-refractivity contribution in [1.29, 1.82) is 0 Å². The number of fused-ring (bicyclic) bond motifs is 1. The third-order valence-corrected chi connectivity index (χ3v) is 2.93. The fraction of sp³-hybridized carbons (Fsp3) is 0. The SMILES string of the molecule is O=C(C=Cn1cnc2ccccc21)c1ccccc1. The number of hydrogen-bond acceptors (Lipinski definition) is 2. The zero-order valence-electron chi connectivity index (χ0n) is 10.2. The van der Waals surface area contributed by atoms with Crippen LogP contribution < -0.4 is 0 Å². The van der Waals surface area contributed by atoms with E-state index >= 15 is 0 Å². The van der Waals surface area contributed by atoms with Gasteiger partial charge in [-0.25, -0.2) is 4.98 Å². The zero-order chi connectivity index (χ0) is 13.1. The molecule has 0 aliphatic carbocycles. The highest BCUT2D eigenvalue weighted by atomic mass is 16.1. The molecule has 3 heteroatoms. The molecule has 0 radical (unpaired) electrons. The highest BCUT2D eigenvalue weighted by Crippen LogP contribution is 2.12. The molecule has 0 N–H and O–H groups in total. The lowest BCUT2D eigenvalue weighted by atomic mass is 10.1. The number of aromatic nitrogens is 2. The van der Waals surface area contributed by atoms with Gasteiger partial charge in [-0.2, -0.15) is 0 Å². The minimum absolute atomic E-state index is 0.0154. The first kappa shape index (κ1) is 11.4. The van der Waals surface area contributed by atoms with Crippen LogP contribution in [0.2, 0.25) is 0 Å². The van der Waals surface area contributed by atoms with Crippen molar-refractivity contribution in [1.82, 2.24) is 9.55 Å². The van der Waals surface area contributed by atoms with Gasteiger partial charge in [0.25, 0.3) is 0 Å². The van der Waals surface area contributed by atoms with Crippen molar-refractivity contribution >= 4 is 23.0 Å². The molecule has 1 heterocycles. The van der Waals surface area contributed by atoms with Gasteiger partial charge in [-0.05, 0) is 12.1 Å². The Morgan fingerprint density at radius 3 is 2.58 bits per heavy atom. The van der Waals surface area contributed by atoms with Crippen LogP contribution in [-0.4, -0.2) is 15.3 Å². The number of benzene rings is 2. The van der Waals surface area contributed by atoms with E-state index in [0.29, 0.717) is 5.56 Å². The summed E-state index contributed by atoms with van der Waals surface area (Å²) in [6.45, 7) is 0. The number of ketones is 1. The van der Waals surface area contributed by atoms with Crippen molar-refractivity contribution in [2.24, 2.45) is 0 Å². The molecule has 1 aromatic heterocycles. The number of rotatable bonds is 3. The molecular formula is C16H12N2O. The Kier molecular flexibility index (Phi) is 2.94. The van der Waals surface area contributed by atoms with Gasteiger partial charge in [0.05, 0.1) is 17.4 Å². The first-order valence-electron chi connectivity index (χ1n) is 6.04. The standard InChI is InChI=1S/C16H12N2O/c19-16(13-6-2-1-3-7-13)10-11-18-12-17-14-8-4-5-9-15(14)18/h1-12H. The third kappa shape index (κ3) is 2.31. The average molecular weight is 248 g/mol. The molecule has 3 aromatic rings. The molecule has 0 spiro atoms. The number of para-hydroxylation sites is 2. The van der Waals surface area contributed by atoms with Crippen LogP contribution >= 0.6 is 0 Å². The first-order valence-corrected chi connectivity index (χ1v) is 6.04. The van der Waals surface area contributed by atoms with Gasteiger partial charge >= 0.3 is 0 Å². The van der Waals surface area contributed by atoms with Crippen LogP contribution in [-0.2, 0) is 0 Å². The number of hydrogen-bond donors (Lipinski definition) is 0. The van der Waals surface area contributed by atoms with Gasteiger partial charge in [0.1, 0.15) is 0 Å². The predicted octanol–water partition coefficient (Wildman–Crippen LogP) is 3.39. The Morgan fingerprint density at radius 2 is 1.74 bits per heavy atom. The van der Waals surface area contributed by atoms with Gasteiger partial charge in [-0.3, -0.25) is 4.79 Å². The molecular weight excluding hydrogens is 236 g/mol. The molecule has 92 valence electrons. The summed E-state index contributed by atoms with van der Waals surface area (Å²) >= 11 is 0. The first-order chi connectivity index (χ1) is 9.34. The molecule has 19 heavy (non-hydrogen) atoms. The molecule has 0 unspecified atom stereocenters. The van der Waals surface area contributed by atoms with E-state index in [2.05, 4.69) is 4.98 Å². The van der Waals surface area contributed by atoms with Crippen molar-refractivity contribution in [3.63, 3.8) is 0 Å². The second-order valence-corrected chi connectivity index (χ2v) is 4.19. The summed E-state index contributed by atoms with van der Waals surface area (Å²) in [7, 11) is 0. The van der Waals surface area contributed by atoms with Gasteiger partial charge in [-0.1, -0.05) is 42.5 Å². The minimum atomic E-state index is -0.0154. The highest BCUT2D eigenvalue weighted by molar-refractivity contribution is 6.06. The molecule has 0 saturated carbocycles. The largest absolute Gasteiger partial charge is 0.306 e. The molecule has 0 amide bonds. The number of carbonyl (C=O) groups excluding carboxylic acids is 1. The van der Waals surface area contributed by atoms with Crippen molar-refractivity contribution in [2.75, 3.05) is 0 Å². The maximum atomic E-state index is 12.0. The van der Waals surface area contributed by atoms with E-state index in [1.54, 1.807) is 30.7 Å². The molecule has 3 nitrogen and oxygen atoms in total. The van der Waals surface area contributed by atoms with E-state index < -0.39 is 0 Å². The lowest BCUT2D eigenvalue weighted by molar-refractivity contribution is 0.104. The Morgan fingerprint density at radius 1 is 1.00 bits per heavy atom. The van der Waals surface area contributed by atoms with E-state index in [9.17, 15) is 4.79 Å². The summed E-state index contributed by atoms with van der Waals surface area (Å²) in [6.07, 6.45) is 5.01. The molecule has 0 atom stereocenters. The highest BCUT2D eigenvalue weighted by Gasteiger charge is 2.01. The third-order valence-electron chi connectivity index (χ3n) is 2.93. The summed E-state index contributed by atoms with van der Waals surface area (Å²) in [6, 6.07) is 17.0. The average Bonchev–Trinajstić information content (AvgIpc) is 2.89. The van der Waals surface area contributed by atoms with Crippen molar-refractivity contribution < 1.29 is 4.79 Å². The fourth-order valence-electron chi connectivity index (χ4n) is 1.94. The number of imidazole rings is 1. The van der Waals surface area contributed by atoms with Gasteiger partial charge in [0.2, 0.25) is 0 Å². The molecule has 0 fully saturated rings. The number of nitrogens with zero attached hydrogens (tertiary/aromatic N) is 2. The Bertz CT molecular complexity index is 742. The second kappa shape index (κ2) is 4.90. The molecule has 0 aliphatic heterocycles. The zero-order valence-corrected chi connectivity index (χ0v) is 10.2. The summed E-state index contributed by atoms with van der Waals surface area (Å²) in [4.78, 5) is 16.2. The summed E-state index contributed by atoms with van der Waals surface area (Å²) in [5.74, 6) is -0.0154. The van der Waals surface area contributed by atoms with E-state index in [1.807, 2.05) is 47.0 Å². The van der Waals surface area contributed by atoms with Gasteiger partial charge in [0, 0.05) is 17.8 Å². The van der Waals surface area contributed by atoms with Crippen molar-refractivity contribution in [3.05, 3.63) is 72.6 Å². The van der Waals surface area contributed by atoms with Crippen LogP contribution in [0.1, 0.15) is 10.4 Å². The monoisotopic (exact) mass is 248 g/mol. The normalized spacial score (nSPS) is 11.2. The van der Waals surface area contributed by atoms with Crippen LogP contribution in [0.4, 0.5) is 0 Å². The van der Waals surface area contributed by atoms with E-state index in [0.717, 1.165) is 11.0 Å². The maximum absolute atomic E-state index is 12.0. The van der Waals surface area contributed by atoms with Gasteiger partial charge in [0.15, 0.2) is 5.78 Å². The molecule has 0 bridgehead atoms. The second-order valence-electron chi connectivity index (χ2n) is 4.19. The van der Waals surface area contributed by atoms with Crippen LogP contribution in [0, 0.1) is 0 Å². The maximum Gasteiger partial charge on any atom is 0.187 e. The van der Waals surface area contributed by atoms with Gasteiger partial charge in [-0.15, -0.1) is 0 Å². The van der Waals surface area contributed by atoms with E-state index in [1.165, 1.54) is 0 Å². The summed E-state index contributed by atoms with van der Waals surface area (Å²) in [5.41, 5.74) is 2.59. The lowest BCUT2D eigenvalue weighted by Gasteiger charge is -1.96. The van der Waals surface area contributed by atoms with Crippen LogP contribution in [0.25, 0.3) is 17.2 Å². The van der Waals surface area contributed by atoms with Crippen molar-refractivity contribution in [2.45, 2.75) is 0 Å². The minimum Gasteiger partial charge on any atom is -0.306 e. The lowest BCUT2D eigenvalue weighted by Crippen LogP contribution is -1.94. The van der Waals surface area contributed by atoms with Crippen LogP contribution in [0.5, 0.6) is 0 Å². The molecule has 2 aromatic carbocycles. The molecule has 3 rings (SSSR count).